The molecule has 45 heavy (non-hydrogen) atoms. The van der Waals surface area contributed by atoms with Crippen LogP contribution in [0.2, 0.25) is 0 Å². The standard InChI is InChI=1S/C42H26N2O/c1-2-10-27(11-3-1)28-18-21-30(22-19-28)43-35-14-6-4-12-32(35)34-26-29(20-24-37(34)43)31-23-25-40-42-41(31)33-13-5-7-15-36(33)44(42)38-16-8-9-17-39(38)45-40/h1-26H. The van der Waals surface area contributed by atoms with Crippen molar-refractivity contribution in [3.63, 3.8) is 0 Å². The van der Waals surface area contributed by atoms with Crippen LogP contribution >= 0.6 is 0 Å². The highest BCUT2D eigenvalue weighted by Gasteiger charge is 2.25. The van der Waals surface area contributed by atoms with Crippen LogP contribution in [0.15, 0.2) is 158 Å². The zero-order chi connectivity index (χ0) is 29.5. The first-order chi connectivity index (χ1) is 22.3. The molecule has 0 saturated heterocycles. The van der Waals surface area contributed by atoms with E-state index in [0.717, 1.165) is 28.4 Å². The van der Waals surface area contributed by atoms with E-state index >= 15 is 0 Å². The smallest absolute Gasteiger partial charge is 0.152 e. The number of ether oxygens (including phenoxy) is 1. The van der Waals surface area contributed by atoms with Crippen LogP contribution in [0, 0.1) is 0 Å². The van der Waals surface area contributed by atoms with E-state index in [2.05, 4.69) is 155 Å². The van der Waals surface area contributed by atoms with E-state index in [0.29, 0.717) is 0 Å². The first-order valence-electron chi connectivity index (χ1n) is 15.4. The fourth-order valence-electron chi connectivity index (χ4n) is 7.34. The molecule has 0 amide bonds. The first-order valence-corrected chi connectivity index (χ1v) is 15.4. The molecule has 0 atom stereocenters. The Morgan fingerprint density at radius 2 is 1.04 bits per heavy atom. The van der Waals surface area contributed by atoms with Gasteiger partial charge in [0.15, 0.2) is 11.5 Å². The van der Waals surface area contributed by atoms with Gasteiger partial charge in [-0.25, -0.2) is 0 Å². The summed E-state index contributed by atoms with van der Waals surface area (Å²) in [5.41, 5.74) is 11.8. The van der Waals surface area contributed by atoms with Crippen molar-refractivity contribution in [2.75, 3.05) is 0 Å². The lowest BCUT2D eigenvalue weighted by Crippen LogP contribution is -2.03. The molecule has 9 aromatic rings. The number of hydrogen-bond donors (Lipinski definition) is 0. The van der Waals surface area contributed by atoms with Gasteiger partial charge in [-0.3, -0.25) is 0 Å². The molecular weight excluding hydrogens is 548 g/mol. The van der Waals surface area contributed by atoms with Crippen molar-refractivity contribution in [3.8, 4) is 45.1 Å². The van der Waals surface area contributed by atoms with Gasteiger partial charge in [0.25, 0.3) is 0 Å². The SMILES string of the molecule is c1ccc(-c2ccc(-n3c4ccccc4c4cc(-c5ccc6c7c5c5ccccc5n7-c5ccccc5O6)ccc43)cc2)cc1. The van der Waals surface area contributed by atoms with E-state index in [-0.39, 0.29) is 0 Å². The molecule has 1 aliphatic rings. The molecule has 0 N–H and O–H groups in total. The Kier molecular flexibility index (Phi) is 5.00. The molecule has 0 bridgehead atoms. The molecule has 0 fully saturated rings. The molecule has 2 aromatic heterocycles. The maximum Gasteiger partial charge on any atom is 0.152 e. The minimum Gasteiger partial charge on any atom is -0.453 e. The van der Waals surface area contributed by atoms with Crippen LogP contribution in [0.5, 0.6) is 11.5 Å². The van der Waals surface area contributed by atoms with Crippen molar-refractivity contribution in [2.24, 2.45) is 0 Å². The summed E-state index contributed by atoms with van der Waals surface area (Å²) in [6, 6.07) is 56.5. The number of nitrogens with zero attached hydrogens (tertiary/aromatic N) is 2. The molecule has 0 unspecified atom stereocenters. The number of rotatable bonds is 3. The molecular formula is C42H26N2O. The van der Waals surface area contributed by atoms with E-state index in [1.54, 1.807) is 0 Å². The summed E-state index contributed by atoms with van der Waals surface area (Å²) in [4.78, 5) is 0. The summed E-state index contributed by atoms with van der Waals surface area (Å²) >= 11 is 0. The molecule has 1 aliphatic heterocycles. The minimum atomic E-state index is 0.881. The molecule has 3 heteroatoms. The fourth-order valence-corrected chi connectivity index (χ4v) is 7.34. The summed E-state index contributed by atoms with van der Waals surface area (Å²) < 4.78 is 11.2. The molecule has 0 aliphatic carbocycles. The highest BCUT2D eigenvalue weighted by Crippen LogP contribution is 2.48. The van der Waals surface area contributed by atoms with Gasteiger partial charge in [-0.1, -0.05) is 97.1 Å². The number of benzene rings is 7. The number of fused-ring (bicyclic) bond motifs is 8. The Morgan fingerprint density at radius 3 is 1.89 bits per heavy atom. The lowest BCUT2D eigenvalue weighted by atomic mass is 9.97. The van der Waals surface area contributed by atoms with E-state index in [4.69, 9.17) is 4.74 Å². The van der Waals surface area contributed by atoms with Gasteiger partial charge in [0, 0.05) is 27.2 Å². The first kappa shape index (κ1) is 24.4. The van der Waals surface area contributed by atoms with Crippen LogP contribution in [0.3, 0.4) is 0 Å². The van der Waals surface area contributed by atoms with Crippen LogP contribution < -0.4 is 4.74 Å². The van der Waals surface area contributed by atoms with Crippen LogP contribution in [-0.2, 0) is 0 Å². The fraction of sp³-hybridized carbons (Fsp3) is 0. The van der Waals surface area contributed by atoms with E-state index in [1.807, 2.05) is 12.1 Å². The van der Waals surface area contributed by atoms with Gasteiger partial charge in [-0.2, -0.15) is 0 Å². The third kappa shape index (κ3) is 3.46. The van der Waals surface area contributed by atoms with Gasteiger partial charge in [0.2, 0.25) is 0 Å². The highest BCUT2D eigenvalue weighted by atomic mass is 16.5. The Labute approximate surface area is 259 Å². The second-order valence-electron chi connectivity index (χ2n) is 11.8. The van der Waals surface area contributed by atoms with Crippen molar-refractivity contribution in [1.82, 2.24) is 9.13 Å². The molecule has 7 aromatic carbocycles. The van der Waals surface area contributed by atoms with Crippen molar-refractivity contribution < 1.29 is 4.74 Å². The normalized spacial score (nSPS) is 12.2. The quantitative estimate of drug-likeness (QED) is 0.205. The minimum absolute atomic E-state index is 0.881. The Balaban J connectivity index is 1.20. The average Bonchev–Trinajstić information content (AvgIpc) is 3.63. The molecule has 0 spiro atoms. The third-order valence-electron chi connectivity index (χ3n) is 9.32. The van der Waals surface area contributed by atoms with Gasteiger partial charge in [-0.05, 0) is 82.9 Å². The highest BCUT2D eigenvalue weighted by molar-refractivity contribution is 6.19. The monoisotopic (exact) mass is 574 g/mol. The van der Waals surface area contributed by atoms with Gasteiger partial charge in [-0.15, -0.1) is 0 Å². The van der Waals surface area contributed by atoms with Crippen LogP contribution in [0.4, 0.5) is 0 Å². The lowest BCUT2D eigenvalue weighted by Gasteiger charge is -2.21. The molecule has 210 valence electrons. The van der Waals surface area contributed by atoms with Gasteiger partial charge >= 0.3 is 0 Å². The summed E-state index contributed by atoms with van der Waals surface area (Å²) in [5, 5.41) is 4.93. The van der Waals surface area contributed by atoms with Crippen molar-refractivity contribution >= 4 is 43.6 Å². The molecule has 10 rings (SSSR count). The second-order valence-corrected chi connectivity index (χ2v) is 11.8. The molecule has 3 heterocycles. The second kappa shape index (κ2) is 9.22. The Morgan fingerprint density at radius 1 is 0.400 bits per heavy atom. The van der Waals surface area contributed by atoms with Gasteiger partial charge < -0.3 is 13.9 Å². The molecule has 0 radical (unpaired) electrons. The largest absolute Gasteiger partial charge is 0.453 e. The maximum atomic E-state index is 6.46. The van der Waals surface area contributed by atoms with Crippen molar-refractivity contribution in [2.45, 2.75) is 0 Å². The van der Waals surface area contributed by atoms with Gasteiger partial charge in [0.05, 0.1) is 27.8 Å². The Bertz CT molecular complexity index is 2610. The van der Waals surface area contributed by atoms with E-state index < -0.39 is 0 Å². The van der Waals surface area contributed by atoms with Crippen LogP contribution in [0.25, 0.3) is 77.2 Å². The summed E-state index contributed by atoms with van der Waals surface area (Å²) in [6.45, 7) is 0. The van der Waals surface area contributed by atoms with Gasteiger partial charge in [0.1, 0.15) is 0 Å². The molecule has 3 nitrogen and oxygen atoms in total. The number of hydrogen-bond acceptors (Lipinski definition) is 1. The predicted octanol–water partition coefficient (Wildman–Crippen LogP) is 11.3. The van der Waals surface area contributed by atoms with Crippen LogP contribution in [0.1, 0.15) is 0 Å². The Hall–Kier alpha value is -6.06. The third-order valence-corrected chi connectivity index (χ3v) is 9.32. The van der Waals surface area contributed by atoms with Crippen LogP contribution in [-0.4, -0.2) is 9.13 Å². The predicted molar refractivity (Wildman–Crippen MR) is 186 cm³/mol. The zero-order valence-corrected chi connectivity index (χ0v) is 24.3. The van der Waals surface area contributed by atoms with E-state index in [1.165, 1.54) is 60.3 Å². The zero-order valence-electron chi connectivity index (χ0n) is 24.3. The summed E-state index contributed by atoms with van der Waals surface area (Å²) in [6.07, 6.45) is 0. The van der Waals surface area contributed by atoms with Crippen molar-refractivity contribution in [3.05, 3.63) is 158 Å². The average molecular weight is 575 g/mol. The number of para-hydroxylation sites is 4. The molecule has 0 saturated carbocycles. The topological polar surface area (TPSA) is 19.1 Å². The lowest BCUT2D eigenvalue weighted by molar-refractivity contribution is 0.476. The summed E-state index contributed by atoms with van der Waals surface area (Å²) in [7, 11) is 0. The number of aromatic nitrogens is 2. The maximum absolute atomic E-state index is 6.46. The summed E-state index contributed by atoms with van der Waals surface area (Å²) in [5.74, 6) is 1.77. The van der Waals surface area contributed by atoms with E-state index in [9.17, 15) is 0 Å². The van der Waals surface area contributed by atoms with Crippen molar-refractivity contribution in [1.29, 1.82) is 0 Å².